The molecule has 0 aliphatic heterocycles. The summed E-state index contributed by atoms with van der Waals surface area (Å²) in [6, 6.07) is 0. The van der Waals surface area contributed by atoms with Gasteiger partial charge in [-0.1, -0.05) is 13.8 Å². The van der Waals surface area contributed by atoms with Crippen molar-refractivity contribution in [2.75, 3.05) is 0 Å². The molecule has 0 fully saturated rings. The summed E-state index contributed by atoms with van der Waals surface area (Å²) < 4.78 is 1.82. The Morgan fingerprint density at radius 1 is 1.43 bits per heavy atom. The van der Waals surface area contributed by atoms with Crippen molar-refractivity contribution < 1.29 is 0 Å². The zero-order chi connectivity index (χ0) is 10.6. The van der Waals surface area contributed by atoms with Crippen molar-refractivity contribution in [1.29, 1.82) is 0 Å². The van der Waals surface area contributed by atoms with Crippen molar-refractivity contribution in [2.45, 2.75) is 27.3 Å². The number of rotatable bonds is 1. The van der Waals surface area contributed by atoms with E-state index in [1.54, 1.807) is 6.33 Å². The van der Waals surface area contributed by atoms with Crippen LogP contribution in [0.4, 0.5) is 0 Å². The zero-order valence-corrected chi connectivity index (χ0v) is 8.61. The SMILES string of the molecule is CC.CCn1cnc2c(=O)[nH]cnc21. The predicted molar refractivity (Wildman–Crippen MR) is 55.2 cm³/mol. The molecular formula is C9H14N4O. The standard InChI is InChI=1S/C7H8N4O.C2H6/c1-2-11-4-10-5-6(11)8-3-9-7(5)12;1-2/h3-4H,2H2,1H3,(H,8,9,12);1-2H3. The molecule has 0 aromatic carbocycles. The molecule has 2 rings (SSSR count). The third kappa shape index (κ3) is 1.66. The van der Waals surface area contributed by atoms with Gasteiger partial charge in [0, 0.05) is 6.54 Å². The Labute approximate surface area is 81.8 Å². The lowest BCUT2D eigenvalue weighted by Crippen LogP contribution is -2.07. The highest BCUT2D eigenvalue weighted by atomic mass is 16.1. The van der Waals surface area contributed by atoms with E-state index in [9.17, 15) is 4.79 Å². The molecule has 14 heavy (non-hydrogen) atoms. The summed E-state index contributed by atoms with van der Waals surface area (Å²) in [6.07, 6.45) is 3.01. The van der Waals surface area contributed by atoms with Gasteiger partial charge in [0.1, 0.15) is 0 Å². The first-order valence-electron chi connectivity index (χ1n) is 4.71. The van der Waals surface area contributed by atoms with E-state index in [0.29, 0.717) is 11.2 Å². The Kier molecular flexibility index (Phi) is 3.39. The van der Waals surface area contributed by atoms with Crippen LogP contribution in [0.3, 0.4) is 0 Å². The normalized spacial score (nSPS) is 9.64. The maximum atomic E-state index is 11.1. The molecule has 0 saturated carbocycles. The quantitative estimate of drug-likeness (QED) is 0.741. The highest BCUT2D eigenvalue weighted by molar-refractivity contribution is 5.68. The number of nitrogens with one attached hydrogen (secondary N) is 1. The summed E-state index contributed by atoms with van der Waals surface area (Å²) in [5, 5.41) is 0. The van der Waals surface area contributed by atoms with Gasteiger partial charge >= 0.3 is 0 Å². The molecule has 5 nitrogen and oxygen atoms in total. The molecular weight excluding hydrogens is 180 g/mol. The highest BCUT2D eigenvalue weighted by Gasteiger charge is 2.04. The molecule has 5 heteroatoms. The van der Waals surface area contributed by atoms with Crippen molar-refractivity contribution in [3.63, 3.8) is 0 Å². The van der Waals surface area contributed by atoms with Crippen LogP contribution < -0.4 is 5.56 Å². The molecule has 0 saturated heterocycles. The zero-order valence-electron chi connectivity index (χ0n) is 8.61. The number of nitrogens with zero attached hydrogens (tertiary/aromatic N) is 3. The summed E-state index contributed by atoms with van der Waals surface area (Å²) in [5.74, 6) is 0. The second kappa shape index (κ2) is 4.55. The number of aryl methyl sites for hydroxylation is 1. The van der Waals surface area contributed by atoms with E-state index in [-0.39, 0.29) is 5.56 Å². The fraction of sp³-hybridized carbons (Fsp3) is 0.444. The molecule has 0 amide bonds. The summed E-state index contributed by atoms with van der Waals surface area (Å²) in [4.78, 5) is 21.6. The summed E-state index contributed by atoms with van der Waals surface area (Å²) >= 11 is 0. The lowest BCUT2D eigenvalue weighted by molar-refractivity contribution is 0.777. The van der Waals surface area contributed by atoms with E-state index < -0.39 is 0 Å². The third-order valence-corrected chi connectivity index (χ3v) is 1.75. The van der Waals surface area contributed by atoms with Gasteiger partial charge < -0.3 is 9.55 Å². The number of aromatic nitrogens is 4. The van der Waals surface area contributed by atoms with E-state index in [1.165, 1.54) is 6.33 Å². The van der Waals surface area contributed by atoms with Crippen molar-refractivity contribution in [3.8, 4) is 0 Å². The lowest BCUT2D eigenvalue weighted by Gasteiger charge is -1.94. The fourth-order valence-electron chi connectivity index (χ4n) is 1.12. The average Bonchev–Trinajstić information content (AvgIpc) is 2.65. The molecule has 0 radical (unpaired) electrons. The Morgan fingerprint density at radius 3 is 2.79 bits per heavy atom. The van der Waals surface area contributed by atoms with Gasteiger partial charge in [0.05, 0.1) is 12.7 Å². The first-order valence-corrected chi connectivity index (χ1v) is 4.71. The van der Waals surface area contributed by atoms with Crippen LogP contribution in [0.25, 0.3) is 11.2 Å². The van der Waals surface area contributed by atoms with Crippen LogP contribution in [0.15, 0.2) is 17.4 Å². The maximum absolute atomic E-state index is 11.1. The predicted octanol–water partition coefficient (Wildman–Crippen LogP) is 1.17. The molecule has 0 atom stereocenters. The third-order valence-electron chi connectivity index (χ3n) is 1.75. The van der Waals surface area contributed by atoms with Crippen LogP contribution in [0.1, 0.15) is 20.8 Å². The molecule has 2 aromatic heterocycles. The second-order valence-electron chi connectivity index (χ2n) is 2.43. The van der Waals surface area contributed by atoms with Crippen molar-refractivity contribution >= 4 is 11.2 Å². The van der Waals surface area contributed by atoms with E-state index in [4.69, 9.17) is 0 Å². The van der Waals surface area contributed by atoms with Gasteiger partial charge in [-0.2, -0.15) is 0 Å². The smallest absolute Gasteiger partial charge is 0.278 e. The number of hydrogen-bond donors (Lipinski definition) is 1. The molecule has 0 aliphatic carbocycles. The number of aromatic amines is 1. The lowest BCUT2D eigenvalue weighted by atomic mass is 10.5. The van der Waals surface area contributed by atoms with Crippen molar-refractivity contribution in [2.24, 2.45) is 0 Å². The van der Waals surface area contributed by atoms with Gasteiger partial charge in [-0.25, -0.2) is 9.97 Å². The molecule has 0 aliphatic rings. The number of imidazole rings is 1. The summed E-state index contributed by atoms with van der Waals surface area (Å²) in [5.41, 5.74) is 0.854. The minimum Gasteiger partial charge on any atom is -0.315 e. The van der Waals surface area contributed by atoms with E-state index in [0.717, 1.165) is 6.54 Å². The second-order valence-corrected chi connectivity index (χ2v) is 2.43. The molecule has 1 N–H and O–H groups in total. The van der Waals surface area contributed by atoms with Gasteiger partial charge in [0.2, 0.25) is 0 Å². The number of fused-ring (bicyclic) bond motifs is 1. The first kappa shape index (κ1) is 10.4. The van der Waals surface area contributed by atoms with E-state index in [2.05, 4.69) is 15.0 Å². The molecule has 2 heterocycles. The molecule has 0 unspecified atom stereocenters. The minimum atomic E-state index is -0.188. The van der Waals surface area contributed by atoms with E-state index >= 15 is 0 Å². The molecule has 0 bridgehead atoms. The van der Waals surface area contributed by atoms with Crippen LogP contribution in [0.2, 0.25) is 0 Å². The summed E-state index contributed by atoms with van der Waals surface area (Å²) in [6.45, 7) is 6.75. The molecule has 0 spiro atoms. The molecule has 2 aromatic rings. The van der Waals surface area contributed by atoms with Gasteiger partial charge in [-0.15, -0.1) is 0 Å². The van der Waals surface area contributed by atoms with Gasteiger partial charge in [-0.3, -0.25) is 4.79 Å². The van der Waals surface area contributed by atoms with Gasteiger partial charge in [0.25, 0.3) is 5.56 Å². The summed E-state index contributed by atoms with van der Waals surface area (Å²) in [7, 11) is 0. The van der Waals surface area contributed by atoms with E-state index in [1.807, 2.05) is 25.3 Å². The fourth-order valence-corrected chi connectivity index (χ4v) is 1.12. The topological polar surface area (TPSA) is 63.6 Å². The Hall–Kier alpha value is -1.65. The monoisotopic (exact) mass is 194 g/mol. The van der Waals surface area contributed by atoms with Crippen molar-refractivity contribution in [1.82, 2.24) is 19.5 Å². The largest absolute Gasteiger partial charge is 0.315 e. The Bertz CT molecular complexity index is 457. The maximum Gasteiger partial charge on any atom is 0.278 e. The first-order chi connectivity index (χ1) is 6.83. The average molecular weight is 194 g/mol. The van der Waals surface area contributed by atoms with Crippen molar-refractivity contribution in [3.05, 3.63) is 23.0 Å². The van der Waals surface area contributed by atoms with Gasteiger partial charge in [-0.05, 0) is 6.92 Å². The number of hydrogen-bond acceptors (Lipinski definition) is 3. The van der Waals surface area contributed by atoms with Crippen LogP contribution in [-0.4, -0.2) is 19.5 Å². The number of H-pyrrole nitrogens is 1. The molecule has 76 valence electrons. The Morgan fingerprint density at radius 2 is 2.14 bits per heavy atom. The van der Waals surface area contributed by atoms with Crippen LogP contribution in [0, 0.1) is 0 Å². The highest BCUT2D eigenvalue weighted by Crippen LogP contribution is 2.02. The van der Waals surface area contributed by atoms with Gasteiger partial charge in [0.15, 0.2) is 11.2 Å². The Balaban J connectivity index is 0.000000461. The van der Waals surface area contributed by atoms with Crippen LogP contribution >= 0.6 is 0 Å². The van der Waals surface area contributed by atoms with Crippen LogP contribution in [-0.2, 0) is 6.54 Å². The van der Waals surface area contributed by atoms with Crippen LogP contribution in [0.5, 0.6) is 0 Å². The minimum absolute atomic E-state index is 0.188.